The topological polar surface area (TPSA) is 38.0 Å². The second kappa shape index (κ2) is 6.74. The maximum absolute atomic E-state index is 13.2. The lowest BCUT2D eigenvalue weighted by Crippen LogP contribution is -2.17. The fourth-order valence-electron chi connectivity index (χ4n) is 1.56. The number of nitrogens with one attached hydrogen (secondary N) is 1. The number of aryl methyl sites for hydroxylation is 1. The zero-order chi connectivity index (χ0) is 12.8. The number of nitrogens with two attached hydrogens (primary N) is 1. The molecule has 0 fully saturated rings. The van der Waals surface area contributed by atoms with Crippen LogP contribution in [-0.4, -0.2) is 17.5 Å². The zero-order valence-corrected chi connectivity index (χ0v) is 11.5. The first-order valence-corrected chi connectivity index (χ1v) is 7.10. The summed E-state index contributed by atoms with van der Waals surface area (Å²) in [6.45, 7) is 6.02. The number of anilines is 2. The number of hydrogen-bond donors (Lipinski definition) is 2. The van der Waals surface area contributed by atoms with Crippen molar-refractivity contribution in [2.75, 3.05) is 22.6 Å². The van der Waals surface area contributed by atoms with Crippen molar-refractivity contribution in [3.63, 3.8) is 0 Å². The third-order valence-corrected chi connectivity index (χ3v) is 3.56. The molecule has 0 spiro atoms. The first-order chi connectivity index (χ1) is 8.04. The number of nitrogen functional groups attached to an aromatic ring is 1. The molecule has 1 aromatic carbocycles. The van der Waals surface area contributed by atoms with Crippen LogP contribution in [0.2, 0.25) is 0 Å². The van der Waals surface area contributed by atoms with Crippen molar-refractivity contribution in [3.05, 3.63) is 23.5 Å². The molecule has 1 aromatic rings. The smallest absolute Gasteiger partial charge is 0.128 e. The van der Waals surface area contributed by atoms with E-state index in [2.05, 4.69) is 19.2 Å². The van der Waals surface area contributed by atoms with Crippen LogP contribution < -0.4 is 11.1 Å². The van der Waals surface area contributed by atoms with E-state index < -0.39 is 0 Å². The Balaban J connectivity index is 2.58. The molecule has 0 aromatic heterocycles. The molecule has 1 rings (SSSR count). The molecule has 0 aliphatic heterocycles. The van der Waals surface area contributed by atoms with E-state index in [0.29, 0.717) is 17.3 Å². The SMILES string of the molecule is CCSCCC(C)Nc1cc(C)c(F)cc1N. The van der Waals surface area contributed by atoms with E-state index in [0.717, 1.165) is 23.6 Å². The summed E-state index contributed by atoms with van der Waals surface area (Å²) in [4.78, 5) is 0. The fourth-order valence-corrected chi connectivity index (χ4v) is 2.37. The number of halogens is 1. The molecule has 96 valence electrons. The van der Waals surface area contributed by atoms with Gasteiger partial charge in [0.2, 0.25) is 0 Å². The van der Waals surface area contributed by atoms with Gasteiger partial charge in [0.25, 0.3) is 0 Å². The first-order valence-electron chi connectivity index (χ1n) is 5.94. The van der Waals surface area contributed by atoms with E-state index in [1.54, 1.807) is 13.0 Å². The molecule has 3 N–H and O–H groups in total. The molecule has 1 unspecified atom stereocenters. The molecule has 0 saturated carbocycles. The quantitative estimate of drug-likeness (QED) is 0.602. The Morgan fingerprint density at radius 1 is 1.47 bits per heavy atom. The van der Waals surface area contributed by atoms with E-state index in [9.17, 15) is 4.39 Å². The van der Waals surface area contributed by atoms with E-state index in [4.69, 9.17) is 5.73 Å². The highest BCUT2D eigenvalue weighted by molar-refractivity contribution is 7.99. The molecule has 0 aliphatic rings. The van der Waals surface area contributed by atoms with Crippen LogP contribution in [0.5, 0.6) is 0 Å². The molecular weight excluding hydrogens is 235 g/mol. The van der Waals surface area contributed by atoms with Crippen molar-refractivity contribution in [1.29, 1.82) is 0 Å². The molecule has 0 amide bonds. The largest absolute Gasteiger partial charge is 0.397 e. The highest BCUT2D eigenvalue weighted by atomic mass is 32.2. The first kappa shape index (κ1) is 14.2. The van der Waals surface area contributed by atoms with Gasteiger partial charge < -0.3 is 11.1 Å². The minimum absolute atomic E-state index is 0.248. The molecule has 0 radical (unpaired) electrons. The van der Waals surface area contributed by atoms with Crippen molar-refractivity contribution in [3.8, 4) is 0 Å². The molecular formula is C13H21FN2S. The van der Waals surface area contributed by atoms with Gasteiger partial charge in [0.1, 0.15) is 5.82 Å². The summed E-state index contributed by atoms with van der Waals surface area (Å²) in [7, 11) is 0. The molecule has 0 bridgehead atoms. The fraction of sp³-hybridized carbons (Fsp3) is 0.538. The van der Waals surface area contributed by atoms with Crippen molar-refractivity contribution < 1.29 is 4.39 Å². The highest BCUT2D eigenvalue weighted by Crippen LogP contribution is 2.23. The molecule has 17 heavy (non-hydrogen) atoms. The molecule has 2 nitrogen and oxygen atoms in total. The van der Waals surface area contributed by atoms with Gasteiger partial charge in [0.05, 0.1) is 11.4 Å². The number of thioether (sulfide) groups is 1. The Bertz CT molecular complexity index is 369. The highest BCUT2D eigenvalue weighted by Gasteiger charge is 2.07. The Labute approximate surface area is 107 Å². The Kier molecular flexibility index (Phi) is 5.62. The maximum atomic E-state index is 13.2. The summed E-state index contributed by atoms with van der Waals surface area (Å²) in [5.41, 5.74) is 7.71. The van der Waals surface area contributed by atoms with Gasteiger partial charge in [0.15, 0.2) is 0 Å². The van der Waals surface area contributed by atoms with E-state index in [1.165, 1.54) is 6.07 Å². The van der Waals surface area contributed by atoms with E-state index >= 15 is 0 Å². The lowest BCUT2D eigenvalue weighted by molar-refractivity contribution is 0.619. The normalized spacial score (nSPS) is 12.5. The van der Waals surface area contributed by atoms with Crippen LogP contribution in [0.25, 0.3) is 0 Å². The predicted octanol–water partition coefficient (Wildman–Crippen LogP) is 3.66. The van der Waals surface area contributed by atoms with E-state index in [1.807, 2.05) is 11.8 Å². The summed E-state index contributed by atoms with van der Waals surface area (Å²) in [6.07, 6.45) is 1.08. The maximum Gasteiger partial charge on any atom is 0.128 e. The molecule has 4 heteroatoms. The van der Waals surface area contributed by atoms with Crippen LogP contribution in [0.3, 0.4) is 0 Å². The van der Waals surface area contributed by atoms with Crippen LogP contribution in [0, 0.1) is 12.7 Å². The predicted molar refractivity (Wildman–Crippen MR) is 76.3 cm³/mol. The average molecular weight is 256 g/mol. The van der Waals surface area contributed by atoms with Crippen molar-refractivity contribution in [2.24, 2.45) is 0 Å². The van der Waals surface area contributed by atoms with Crippen LogP contribution in [-0.2, 0) is 0 Å². The summed E-state index contributed by atoms with van der Waals surface area (Å²) >= 11 is 1.93. The second-order valence-electron chi connectivity index (χ2n) is 4.22. The Hall–Kier alpha value is -0.900. The molecule has 1 atom stereocenters. The molecule has 0 heterocycles. The van der Waals surface area contributed by atoms with Crippen molar-refractivity contribution >= 4 is 23.1 Å². The summed E-state index contributed by atoms with van der Waals surface area (Å²) in [5.74, 6) is 2.03. The van der Waals surface area contributed by atoms with Crippen LogP contribution >= 0.6 is 11.8 Å². The summed E-state index contributed by atoms with van der Waals surface area (Å²) < 4.78 is 13.2. The number of hydrogen-bond acceptors (Lipinski definition) is 3. The third-order valence-electron chi connectivity index (χ3n) is 2.63. The molecule has 0 saturated heterocycles. The van der Waals surface area contributed by atoms with Gasteiger partial charge in [-0.05, 0) is 49.5 Å². The van der Waals surface area contributed by atoms with Gasteiger partial charge in [-0.2, -0.15) is 11.8 Å². The second-order valence-corrected chi connectivity index (χ2v) is 5.61. The van der Waals surface area contributed by atoms with Gasteiger partial charge in [-0.3, -0.25) is 0 Å². The number of benzene rings is 1. The monoisotopic (exact) mass is 256 g/mol. The minimum Gasteiger partial charge on any atom is -0.397 e. The van der Waals surface area contributed by atoms with Crippen LogP contribution in [0.15, 0.2) is 12.1 Å². The van der Waals surface area contributed by atoms with Gasteiger partial charge in [0, 0.05) is 6.04 Å². The zero-order valence-electron chi connectivity index (χ0n) is 10.7. The summed E-state index contributed by atoms with van der Waals surface area (Å²) in [5, 5.41) is 3.33. The third kappa shape index (κ3) is 4.46. The van der Waals surface area contributed by atoms with Crippen molar-refractivity contribution in [2.45, 2.75) is 33.2 Å². The lowest BCUT2D eigenvalue weighted by Gasteiger charge is -2.17. The standard InChI is InChI=1S/C13H21FN2S/c1-4-17-6-5-10(3)16-13-7-9(2)11(14)8-12(13)15/h7-8,10,16H,4-6,15H2,1-3H3. The average Bonchev–Trinajstić information content (AvgIpc) is 2.26. The van der Waals surface area contributed by atoms with Crippen LogP contribution in [0.4, 0.5) is 15.8 Å². The van der Waals surface area contributed by atoms with Crippen molar-refractivity contribution in [1.82, 2.24) is 0 Å². The lowest BCUT2D eigenvalue weighted by atomic mass is 10.1. The Morgan fingerprint density at radius 2 is 2.18 bits per heavy atom. The summed E-state index contributed by atoms with van der Waals surface area (Å²) in [6, 6.07) is 3.50. The van der Waals surface area contributed by atoms with Gasteiger partial charge in [-0.1, -0.05) is 6.92 Å². The van der Waals surface area contributed by atoms with Gasteiger partial charge in [-0.25, -0.2) is 4.39 Å². The minimum atomic E-state index is -0.248. The van der Waals surface area contributed by atoms with Gasteiger partial charge >= 0.3 is 0 Å². The van der Waals surface area contributed by atoms with Gasteiger partial charge in [-0.15, -0.1) is 0 Å². The molecule has 0 aliphatic carbocycles. The van der Waals surface area contributed by atoms with E-state index in [-0.39, 0.29) is 5.82 Å². The Morgan fingerprint density at radius 3 is 2.82 bits per heavy atom. The van der Waals surface area contributed by atoms with Crippen LogP contribution in [0.1, 0.15) is 25.8 Å². The number of rotatable bonds is 6.